The van der Waals surface area contributed by atoms with Crippen molar-refractivity contribution in [3.63, 3.8) is 0 Å². The zero-order chi connectivity index (χ0) is 22.2. The van der Waals surface area contributed by atoms with Crippen molar-refractivity contribution in [2.45, 2.75) is 4.90 Å². The third-order valence-electron chi connectivity index (χ3n) is 4.24. The number of thiazole rings is 1. The molecule has 0 aliphatic heterocycles. The molecule has 0 bridgehead atoms. The molecule has 4 aromatic rings. The lowest BCUT2D eigenvalue weighted by atomic mass is 10.2. The van der Waals surface area contributed by atoms with E-state index in [0.717, 1.165) is 21.0 Å². The molecule has 0 saturated heterocycles. The minimum absolute atomic E-state index is 0.106. The Kier molecular flexibility index (Phi) is 7.50. The van der Waals surface area contributed by atoms with E-state index < -0.39 is 0 Å². The van der Waals surface area contributed by atoms with Crippen molar-refractivity contribution in [2.24, 2.45) is 0 Å². The van der Waals surface area contributed by atoms with Crippen LogP contribution >= 0.6 is 34.4 Å². The number of thioether (sulfide) groups is 1. The van der Waals surface area contributed by atoms with Gasteiger partial charge in [0.05, 0.1) is 16.3 Å². The van der Waals surface area contributed by atoms with Crippen LogP contribution in [0, 0.1) is 0 Å². The van der Waals surface area contributed by atoms with Crippen LogP contribution in [0.5, 0.6) is 0 Å². The SMILES string of the molecule is O=C(/C=C/c1ccccc1)Nc1ccc(SCC(=O)Nc2nc(-c3cccs3)cs2)cc1. The number of anilines is 2. The standard InChI is InChI=1S/C24H19N3O2S3/c28-22(13-8-17-5-2-1-3-6-17)25-18-9-11-19(12-10-18)31-16-23(29)27-24-26-20(15-32-24)21-7-4-14-30-21/h1-15H,16H2,(H,25,28)(H,26,27,29)/b13-8+. The highest BCUT2D eigenvalue weighted by Gasteiger charge is 2.09. The second kappa shape index (κ2) is 10.9. The Hall–Kier alpha value is -3.20. The van der Waals surface area contributed by atoms with Gasteiger partial charge in [0, 0.05) is 22.0 Å². The smallest absolute Gasteiger partial charge is 0.248 e. The highest BCUT2D eigenvalue weighted by atomic mass is 32.2. The van der Waals surface area contributed by atoms with Gasteiger partial charge in [-0.05, 0) is 47.4 Å². The second-order valence-corrected chi connectivity index (χ2v) is 9.46. The van der Waals surface area contributed by atoms with Crippen LogP contribution in [0.25, 0.3) is 16.6 Å². The maximum atomic E-state index is 12.3. The number of nitrogens with zero attached hydrogens (tertiary/aromatic N) is 1. The Morgan fingerprint density at radius 1 is 0.938 bits per heavy atom. The van der Waals surface area contributed by atoms with Crippen LogP contribution in [-0.4, -0.2) is 22.6 Å². The van der Waals surface area contributed by atoms with Gasteiger partial charge in [0.2, 0.25) is 11.8 Å². The number of amides is 2. The first-order valence-electron chi connectivity index (χ1n) is 9.72. The molecule has 0 spiro atoms. The van der Waals surface area contributed by atoms with E-state index in [0.29, 0.717) is 10.8 Å². The molecule has 0 radical (unpaired) electrons. The van der Waals surface area contributed by atoms with Crippen molar-refractivity contribution in [3.8, 4) is 10.6 Å². The van der Waals surface area contributed by atoms with Gasteiger partial charge in [-0.1, -0.05) is 36.4 Å². The summed E-state index contributed by atoms with van der Waals surface area (Å²) in [5, 5.41) is 10.2. The minimum Gasteiger partial charge on any atom is -0.323 e. The van der Waals surface area contributed by atoms with E-state index in [1.807, 2.05) is 77.5 Å². The van der Waals surface area contributed by atoms with E-state index in [1.54, 1.807) is 17.4 Å². The fourth-order valence-electron chi connectivity index (χ4n) is 2.73. The van der Waals surface area contributed by atoms with Gasteiger partial charge in [0.1, 0.15) is 0 Å². The molecule has 0 atom stereocenters. The van der Waals surface area contributed by atoms with Gasteiger partial charge in [-0.15, -0.1) is 34.4 Å². The number of benzene rings is 2. The number of hydrogen-bond acceptors (Lipinski definition) is 6. The molecule has 2 N–H and O–H groups in total. The molecule has 0 fully saturated rings. The lowest BCUT2D eigenvalue weighted by Gasteiger charge is -2.05. The lowest BCUT2D eigenvalue weighted by Crippen LogP contribution is -2.13. The number of hydrogen-bond donors (Lipinski definition) is 2. The molecule has 8 heteroatoms. The first-order chi connectivity index (χ1) is 15.7. The van der Waals surface area contributed by atoms with E-state index in [9.17, 15) is 9.59 Å². The molecular weight excluding hydrogens is 458 g/mol. The third kappa shape index (κ3) is 6.40. The molecule has 0 unspecified atom stereocenters. The van der Waals surface area contributed by atoms with Gasteiger partial charge in [0.25, 0.3) is 0 Å². The van der Waals surface area contributed by atoms with Crippen molar-refractivity contribution < 1.29 is 9.59 Å². The van der Waals surface area contributed by atoms with E-state index in [2.05, 4.69) is 15.6 Å². The van der Waals surface area contributed by atoms with Gasteiger partial charge in [-0.2, -0.15) is 0 Å². The third-order valence-corrected chi connectivity index (χ3v) is 6.90. The fourth-order valence-corrected chi connectivity index (χ4v) is 4.91. The number of nitrogens with one attached hydrogen (secondary N) is 2. The molecule has 2 heterocycles. The van der Waals surface area contributed by atoms with E-state index in [-0.39, 0.29) is 17.6 Å². The molecule has 0 saturated carbocycles. The molecule has 4 rings (SSSR count). The summed E-state index contributed by atoms with van der Waals surface area (Å²) < 4.78 is 0. The highest BCUT2D eigenvalue weighted by molar-refractivity contribution is 8.00. The monoisotopic (exact) mass is 477 g/mol. The van der Waals surface area contributed by atoms with E-state index in [1.165, 1.54) is 29.2 Å². The zero-order valence-electron chi connectivity index (χ0n) is 16.9. The van der Waals surface area contributed by atoms with Crippen molar-refractivity contribution in [2.75, 3.05) is 16.4 Å². The summed E-state index contributed by atoms with van der Waals surface area (Å²) in [6.07, 6.45) is 3.27. The highest BCUT2D eigenvalue weighted by Crippen LogP contribution is 2.28. The van der Waals surface area contributed by atoms with Gasteiger partial charge < -0.3 is 10.6 Å². The van der Waals surface area contributed by atoms with E-state index >= 15 is 0 Å². The summed E-state index contributed by atoms with van der Waals surface area (Å²) in [6, 6.07) is 21.0. The Morgan fingerprint density at radius 2 is 1.75 bits per heavy atom. The Balaban J connectivity index is 1.23. The molecule has 2 aromatic carbocycles. The first kappa shape index (κ1) is 22.0. The fraction of sp³-hybridized carbons (Fsp3) is 0.0417. The lowest BCUT2D eigenvalue weighted by molar-refractivity contribution is -0.114. The summed E-state index contributed by atoms with van der Waals surface area (Å²) in [4.78, 5) is 30.8. The van der Waals surface area contributed by atoms with Crippen LogP contribution in [0.4, 0.5) is 10.8 Å². The summed E-state index contributed by atoms with van der Waals surface area (Å²) in [6.45, 7) is 0. The second-order valence-electron chi connectivity index (χ2n) is 6.61. The van der Waals surface area contributed by atoms with Gasteiger partial charge >= 0.3 is 0 Å². The number of aromatic nitrogens is 1. The normalized spacial score (nSPS) is 10.9. The van der Waals surface area contributed by atoms with Crippen LogP contribution in [-0.2, 0) is 9.59 Å². The average molecular weight is 478 g/mol. The van der Waals surface area contributed by atoms with Gasteiger partial charge in [-0.3, -0.25) is 9.59 Å². The predicted molar refractivity (Wildman–Crippen MR) is 135 cm³/mol. The van der Waals surface area contributed by atoms with Gasteiger partial charge in [0.15, 0.2) is 5.13 Å². The Morgan fingerprint density at radius 3 is 2.50 bits per heavy atom. The van der Waals surface area contributed by atoms with Crippen LogP contribution < -0.4 is 10.6 Å². The number of thiophene rings is 1. The van der Waals surface area contributed by atoms with Crippen molar-refractivity contribution in [1.29, 1.82) is 0 Å². The zero-order valence-corrected chi connectivity index (χ0v) is 19.3. The van der Waals surface area contributed by atoms with Crippen LogP contribution in [0.1, 0.15) is 5.56 Å². The van der Waals surface area contributed by atoms with Gasteiger partial charge in [-0.25, -0.2) is 4.98 Å². The maximum Gasteiger partial charge on any atom is 0.248 e. The molecule has 0 aliphatic carbocycles. The number of carbonyl (C=O) groups is 2. The molecule has 160 valence electrons. The Bertz CT molecular complexity index is 1200. The molecular formula is C24H19N3O2S3. The summed E-state index contributed by atoms with van der Waals surface area (Å²) in [5.74, 6) is -0.0242. The quantitative estimate of drug-likeness (QED) is 0.232. The van der Waals surface area contributed by atoms with Crippen molar-refractivity contribution in [3.05, 3.63) is 89.1 Å². The van der Waals surface area contributed by atoms with Crippen LogP contribution in [0.15, 0.2) is 88.5 Å². The molecule has 0 aliphatic rings. The van der Waals surface area contributed by atoms with Crippen molar-refractivity contribution >= 4 is 63.1 Å². The van der Waals surface area contributed by atoms with Crippen LogP contribution in [0.3, 0.4) is 0 Å². The molecule has 2 aromatic heterocycles. The average Bonchev–Trinajstić information content (AvgIpc) is 3.50. The predicted octanol–water partition coefficient (Wildman–Crippen LogP) is 6.25. The summed E-state index contributed by atoms with van der Waals surface area (Å²) in [7, 11) is 0. The summed E-state index contributed by atoms with van der Waals surface area (Å²) >= 11 is 4.46. The molecule has 5 nitrogen and oxygen atoms in total. The molecule has 32 heavy (non-hydrogen) atoms. The number of rotatable bonds is 8. The maximum absolute atomic E-state index is 12.3. The first-order valence-corrected chi connectivity index (χ1v) is 12.5. The summed E-state index contributed by atoms with van der Waals surface area (Å²) in [5.41, 5.74) is 2.54. The van der Waals surface area contributed by atoms with Crippen LogP contribution in [0.2, 0.25) is 0 Å². The molecule has 2 amide bonds. The van der Waals surface area contributed by atoms with Crippen molar-refractivity contribution in [1.82, 2.24) is 4.98 Å². The minimum atomic E-state index is -0.195. The largest absolute Gasteiger partial charge is 0.323 e. The van der Waals surface area contributed by atoms with E-state index in [4.69, 9.17) is 0 Å². The number of carbonyl (C=O) groups excluding carboxylic acids is 2. The topological polar surface area (TPSA) is 71.1 Å². The Labute approximate surface area is 198 Å².